The van der Waals surface area contributed by atoms with Gasteiger partial charge in [-0.15, -0.1) is 11.3 Å². The molecule has 1 aromatic heterocycles. The summed E-state index contributed by atoms with van der Waals surface area (Å²) in [5.74, 6) is 0. The zero-order chi connectivity index (χ0) is 12.0. The minimum atomic E-state index is 0.451. The standard InChI is InChI=1S/C12H21BrN2S/c1-4-15(5-2)9-8-14-10(3)11-6-7-12(13)16-11/h6-7,10,14H,4-5,8-9H2,1-3H3. The first-order valence-corrected chi connectivity index (χ1v) is 7.49. The number of nitrogens with one attached hydrogen (secondary N) is 1. The van der Waals surface area contributed by atoms with Gasteiger partial charge in [0.15, 0.2) is 0 Å². The fraction of sp³-hybridized carbons (Fsp3) is 0.667. The molecule has 0 fully saturated rings. The first kappa shape index (κ1) is 14.2. The molecule has 0 saturated carbocycles. The van der Waals surface area contributed by atoms with Crippen LogP contribution in [0.3, 0.4) is 0 Å². The average Bonchev–Trinajstić information content (AvgIpc) is 2.71. The van der Waals surface area contributed by atoms with Crippen molar-refractivity contribution in [3.8, 4) is 0 Å². The molecule has 0 bridgehead atoms. The molecule has 0 aromatic carbocycles. The Morgan fingerprint density at radius 3 is 2.56 bits per heavy atom. The average molecular weight is 305 g/mol. The van der Waals surface area contributed by atoms with Crippen molar-refractivity contribution in [1.29, 1.82) is 0 Å². The summed E-state index contributed by atoms with van der Waals surface area (Å²) < 4.78 is 1.21. The molecule has 0 spiro atoms. The number of halogens is 1. The van der Waals surface area contributed by atoms with E-state index in [4.69, 9.17) is 0 Å². The molecule has 1 atom stereocenters. The number of nitrogens with zero attached hydrogens (tertiary/aromatic N) is 1. The van der Waals surface area contributed by atoms with E-state index in [2.05, 4.69) is 59.1 Å². The molecule has 1 aromatic rings. The van der Waals surface area contributed by atoms with Gasteiger partial charge in [-0.1, -0.05) is 13.8 Å². The van der Waals surface area contributed by atoms with Crippen LogP contribution in [0.15, 0.2) is 15.9 Å². The summed E-state index contributed by atoms with van der Waals surface area (Å²) in [4.78, 5) is 3.83. The van der Waals surface area contributed by atoms with E-state index < -0.39 is 0 Å². The van der Waals surface area contributed by atoms with Crippen molar-refractivity contribution in [2.45, 2.75) is 26.8 Å². The van der Waals surface area contributed by atoms with Gasteiger partial charge in [0.25, 0.3) is 0 Å². The van der Waals surface area contributed by atoms with Crippen molar-refractivity contribution >= 4 is 27.3 Å². The topological polar surface area (TPSA) is 15.3 Å². The molecule has 1 heterocycles. The third-order valence-electron chi connectivity index (χ3n) is 2.79. The molecule has 0 aliphatic rings. The Morgan fingerprint density at radius 2 is 2.06 bits per heavy atom. The van der Waals surface area contributed by atoms with E-state index in [1.165, 1.54) is 8.66 Å². The Morgan fingerprint density at radius 1 is 1.38 bits per heavy atom. The highest BCUT2D eigenvalue weighted by Gasteiger charge is 2.07. The Kier molecular flexibility index (Phi) is 6.58. The van der Waals surface area contributed by atoms with Crippen LogP contribution in [0.5, 0.6) is 0 Å². The zero-order valence-electron chi connectivity index (χ0n) is 10.3. The number of hydrogen-bond donors (Lipinski definition) is 1. The molecular formula is C12H21BrN2S. The second-order valence-corrected chi connectivity index (χ2v) is 6.34. The van der Waals surface area contributed by atoms with E-state index in [0.717, 1.165) is 26.2 Å². The van der Waals surface area contributed by atoms with E-state index in [-0.39, 0.29) is 0 Å². The van der Waals surface area contributed by atoms with Gasteiger partial charge in [0.2, 0.25) is 0 Å². The van der Waals surface area contributed by atoms with Crippen molar-refractivity contribution in [1.82, 2.24) is 10.2 Å². The molecule has 1 N–H and O–H groups in total. The Labute approximate surface area is 111 Å². The second-order valence-electron chi connectivity index (χ2n) is 3.84. The van der Waals surface area contributed by atoms with Crippen molar-refractivity contribution < 1.29 is 0 Å². The van der Waals surface area contributed by atoms with Crippen molar-refractivity contribution in [3.05, 3.63) is 20.8 Å². The highest BCUT2D eigenvalue weighted by Crippen LogP contribution is 2.26. The van der Waals surface area contributed by atoms with Gasteiger partial charge in [-0.25, -0.2) is 0 Å². The summed E-state index contributed by atoms with van der Waals surface area (Å²) in [7, 11) is 0. The van der Waals surface area contributed by atoms with E-state index in [9.17, 15) is 0 Å². The summed E-state index contributed by atoms with van der Waals surface area (Å²) >= 11 is 5.30. The minimum absolute atomic E-state index is 0.451. The van der Waals surface area contributed by atoms with Gasteiger partial charge < -0.3 is 10.2 Å². The Hall–Kier alpha value is 0.1000. The largest absolute Gasteiger partial charge is 0.308 e. The molecule has 0 aliphatic heterocycles. The molecule has 92 valence electrons. The first-order chi connectivity index (χ1) is 7.67. The normalized spacial score (nSPS) is 13.3. The number of likely N-dealkylation sites (N-methyl/N-ethyl adjacent to an activating group) is 1. The van der Waals surface area contributed by atoms with Crippen molar-refractivity contribution in [2.75, 3.05) is 26.2 Å². The summed E-state index contributed by atoms with van der Waals surface area (Å²) in [6.07, 6.45) is 0. The monoisotopic (exact) mass is 304 g/mol. The number of rotatable bonds is 7. The third-order valence-corrected chi connectivity index (χ3v) is 4.60. The molecule has 1 unspecified atom stereocenters. The van der Waals surface area contributed by atoms with Crippen LogP contribution in [0, 0.1) is 0 Å². The predicted octanol–water partition coefficient (Wildman–Crippen LogP) is 3.50. The zero-order valence-corrected chi connectivity index (χ0v) is 12.7. The maximum Gasteiger partial charge on any atom is 0.0701 e. The molecule has 4 heteroatoms. The van der Waals surface area contributed by atoms with Crippen LogP contribution in [0.2, 0.25) is 0 Å². The van der Waals surface area contributed by atoms with Gasteiger partial charge in [-0.3, -0.25) is 0 Å². The molecule has 0 amide bonds. The van der Waals surface area contributed by atoms with Crippen LogP contribution < -0.4 is 5.32 Å². The first-order valence-electron chi connectivity index (χ1n) is 5.88. The van der Waals surface area contributed by atoms with Gasteiger partial charge >= 0.3 is 0 Å². The SMILES string of the molecule is CCN(CC)CCNC(C)c1ccc(Br)s1. The van der Waals surface area contributed by atoms with Gasteiger partial charge in [0, 0.05) is 24.0 Å². The fourth-order valence-electron chi connectivity index (χ4n) is 1.64. The van der Waals surface area contributed by atoms with Crippen LogP contribution in [0.25, 0.3) is 0 Å². The van der Waals surface area contributed by atoms with Crippen LogP contribution in [0.4, 0.5) is 0 Å². The number of hydrogen-bond acceptors (Lipinski definition) is 3. The van der Waals surface area contributed by atoms with Crippen molar-refractivity contribution in [2.24, 2.45) is 0 Å². The smallest absolute Gasteiger partial charge is 0.0701 e. The van der Waals surface area contributed by atoms with Crippen LogP contribution in [-0.4, -0.2) is 31.1 Å². The van der Waals surface area contributed by atoms with Gasteiger partial charge in [0.05, 0.1) is 3.79 Å². The molecule has 0 saturated heterocycles. The lowest BCUT2D eigenvalue weighted by atomic mass is 10.3. The summed E-state index contributed by atoms with van der Waals surface area (Å²) in [5.41, 5.74) is 0. The van der Waals surface area contributed by atoms with E-state index in [0.29, 0.717) is 6.04 Å². The predicted molar refractivity (Wildman–Crippen MR) is 76.2 cm³/mol. The quantitative estimate of drug-likeness (QED) is 0.829. The molecule has 16 heavy (non-hydrogen) atoms. The Bertz CT molecular complexity index is 297. The Balaban J connectivity index is 2.27. The van der Waals surface area contributed by atoms with Crippen molar-refractivity contribution in [3.63, 3.8) is 0 Å². The van der Waals surface area contributed by atoms with Crippen LogP contribution in [-0.2, 0) is 0 Å². The molecule has 0 aliphatic carbocycles. The molecule has 0 radical (unpaired) electrons. The maximum atomic E-state index is 3.56. The highest BCUT2D eigenvalue weighted by molar-refractivity contribution is 9.11. The second kappa shape index (κ2) is 7.43. The number of thiophene rings is 1. The maximum absolute atomic E-state index is 3.56. The lowest BCUT2D eigenvalue weighted by molar-refractivity contribution is 0.298. The lowest BCUT2D eigenvalue weighted by Gasteiger charge is -2.19. The van der Waals surface area contributed by atoms with E-state index in [1.54, 1.807) is 11.3 Å². The fourth-order valence-corrected chi connectivity index (χ4v) is 3.09. The van der Waals surface area contributed by atoms with Gasteiger partial charge in [-0.2, -0.15) is 0 Å². The molecule has 1 rings (SSSR count). The minimum Gasteiger partial charge on any atom is -0.308 e. The third kappa shape index (κ3) is 4.53. The summed E-state index contributed by atoms with van der Waals surface area (Å²) in [6, 6.07) is 4.75. The highest BCUT2D eigenvalue weighted by atomic mass is 79.9. The summed E-state index contributed by atoms with van der Waals surface area (Å²) in [5, 5.41) is 3.56. The van der Waals surface area contributed by atoms with Crippen LogP contribution in [0.1, 0.15) is 31.7 Å². The van der Waals surface area contributed by atoms with Crippen LogP contribution >= 0.6 is 27.3 Å². The molecule has 2 nitrogen and oxygen atoms in total. The molecular weight excluding hydrogens is 284 g/mol. The van der Waals surface area contributed by atoms with E-state index >= 15 is 0 Å². The van der Waals surface area contributed by atoms with Gasteiger partial charge in [-0.05, 0) is 48.1 Å². The van der Waals surface area contributed by atoms with Gasteiger partial charge in [0.1, 0.15) is 0 Å². The lowest BCUT2D eigenvalue weighted by Crippen LogP contribution is -2.32. The summed E-state index contributed by atoms with van der Waals surface area (Å²) in [6.45, 7) is 11.1. The van der Waals surface area contributed by atoms with E-state index in [1.807, 2.05) is 0 Å².